The van der Waals surface area contributed by atoms with E-state index in [-0.39, 0.29) is 18.4 Å². The van der Waals surface area contributed by atoms with Gasteiger partial charge in [-0.25, -0.2) is 4.98 Å². The molecule has 0 saturated carbocycles. The number of carbonyl (C=O) groups is 2. The van der Waals surface area contributed by atoms with Gasteiger partial charge in [-0.15, -0.1) is 0 Å². The summed E-state index contributed by atoms with van der Waals surface area (Å²) in [7, 11) is 0. The van der Waals surface area contributed by atoms with Gasteiger partial charge in [-0.3, -0.25) is 9.59 Å². The fourth-order valence-corrected chi connectivity index (χ4v) is 2.65. The molecule has 0 spiro atoms. The van der Waals surface area contributed by atoms with Gasteiger partial charge in [-0.2, -0.15) is 0 Å². The summed E-state index contributed by atoms with van der Waals surface area (Å²) in [4.78, 5) is 29.7. The Bertz CT molecular complexity index is 822. The highest BCUT2D eigenvalue weighted by atomic mass is 16.2. The highest BCUT2D eigenvalue weighted by Gasteiger charge is 2.20. The molecule has 3 rings (SSSR count). The Morgan fingerprint density at radius 2 is 2.08 bits per heavy atom. The van der Waals surface area contributed by atoms with E-state index in [1.54, 1.807) is 11.1 Å². The van der Waals surface area contributed by atoms with Crippen molar-refractivity contribution in [2.24, 2.45) is 0 Å². The standard InChI is InChI=1S/C20H19N3O2/c24-19(15-23-13-4-2-9-20(23)25)22-18-8-5-6-16(14-18)10-11-17-7-1-3-12-21-17/h1,3,5-8,12,14H,2,4,9,13,15H2,(H,22,24). The fourth-order valence-electron chi connectivity index (χ4n) is 2.65. The van der Waals surface area contributed by atoms with Crippen LogP contribution < -0.4 is 5.32 Å². The average Bonchev–Trinajstić information content (AvgIpc) is 2.63. The summed E-state index contributed by atoms with van der Waals surface area (Å²) in [5.74, 6) is 5.88. The number of nitrogens with zero attached hydrogens (tertiary/aromatic N) is 2. The lowest BCUT2D eigenvalue weighted by Gasteiger charge is -2.25. The van der Waals surface area contributed by atoms with Crippen LogP contribution in [0.25, 0.3) is 0 Å². The van der Waals surface area contributed by atoms with Crippen molar-refractivity contribution in [1.29, 1.82) is 0 Å². The molecule has 0 atom stereocenters. The van der Waals surface area contributed by atoms with Gasteiger partial charge >= 0.3 is 0 Å². The van der Waals surface area contributed by atoms with Crippen molar-refractivity contribution in [2.45, 2.75) is 19.3 Å². The molecule has 1 N–H and O–H groups in total. The van der Waals surface area contributed by atoms with Crippen LogP contribution in [0, 0.1) is 11.8 Å². The van der Waals surface area contributed by atoms with Crippen LogP contribution in [-0.4, -0.2) is 34.8 Å². The summed E-state index contributed by atoms with van der Waals surface area (Å²) < 4.78 is 0. The molecular weight excluding hydrogens is 314 g/mol. The SMILES string of the molecule is O=C(CN1CCCCC1=O)Nc1cccc(C#Cc2ccccn2)c1. The molecule has 1 aliphatic rings. The van der Waals surface area contributed by atoms with Gasteiger partial charge in [0.25, 0.3) is 0 Å². The van der Waals surface area contributed by atoms with Gasteiger partial charge in [0, 0.05) is 30.4 Å². The number of rotatable bonds is 3. The van der Waals surface area contributed by atoms with Crippen LogP contribution in [0.2, 0.25) is 0 Å². The summed E-state index contributed by atoms with van der Waals surface area (Å²) >= 11 is 0. The van der Waals surface area contributed by atoms with E-state index in [2.05, 4.69) is 22.1 Å². The Morgan fingerprint density at radius 1 is 1.16 bits per heavy atom. The third-order valence-electron chi connectivity index (χ3n) is 3.90. The van der Waals surface area contributed by atoms with Gasteiger partial charge in [0.1, 0.15) is 5.69 Å². The molecule has 1 saturated heterocycles. The van der Waals surface area contributed by atoms with Crippen molar-refractivity contribution in [3.05, 3.63) is 59.9 Å². The van der Waals surface area contributed by atoms with E-state index in [1.807, 2.05) is 42.5 Å². The molecule has 0 aliphatic carbocycles. The number of nitrogens with one attached hydrogen (secondary N) is 1. The van der Waals surface area contributed by atoms with Gasteiger partial charge in [-0.1, -0.05) is 18.1 Å². The Kier molecular flexibility index (Phi) is 5.43. The summed E-state index contributed by atoms with van der Waals surface area (Å²) in [5.41, 5.74) is 2.15. The zero-order valence-corrected chi connectivity index (χ0v) is 13.9. The molecule has 5 heteroatoms. The van der Waals surface area contributed by atoms with E-state index in [0.29, 0.717) is 24.3 Å². The smallest absolute Gasteiger partial charge is 0.243 e. The van der Waals surface area contributed by atoms with Crippen molar-refractivity contribution >= 4 is 17.5 Å². The van der Waals surface area contributed by atoms with Crippen molar-refractivity contribution in [3.8, 4) is 11.8 Å². The molecule has 1 fully saturated rings. The highest BCUT2D eigenvalue weighted by molar-refractivity contribution is 5.94. The van der Waals surface area contributed by atoms with Crippen LogP contribution in [0.4, 0.5) is 5.69 Å². The van der Waals surface area contributed by atoms with Crippen LogP contribution in [0.3, 0.4) is 0 Å². The lowest BCUT2D eigenvalue weighted by atomic mass is 10.1. The van der Waals surface area contributed by atoms with Gasteiger partial charge in [-0.05, 0) is 49.1 Å². The average molecular weight is 333 g/mol. The van der Waals surface area contributed by atoms with Crippen molar-refractivity contribution < 1.29 is 9.59 Å². The topological polar surface area (TPSA) is 62.3 Å². The lowest BCUT2D eigenvalue weighted by molar-refractivity contribution is -0.136. The number of aromatic nitrogens is 1. The largest absolute Gasteiger partial charge is 0.333 e. The van der Waals surface area contributed by atoms with Crippen molar-refractivity contribution in [3.63, 3.8) is 0 Å². The van der Waals surface area contributed by atoms with Gasteiger partial charge in [0.2, 0.25) is 11.8 Å². The number of amides is 2. The first-order chi connectivity index (χ1) is 12.2. The summed E-state index contributed by atoms with van der Waals surface area (Å²) in [5, 5.41) is 2.83. The molecule has 5 nitrogen and oxygen atoms in total. The molecule has 0 radical (unpaired) electrons. The first-order valence-electron chi connectivity index (χ1n) is 8.31. The molecule has 25 heavy (non-hydrogen) atoms. The minimum Gasteiger partial charge on any atom is -0.333 e. The van der Waals surface area contributed by atoms with Crippen molar-refractivity contribution in [2.75, 3.05) is 18.4 Å². The van der Waals surface area contributed by atoms with E-state index in [9.17, 15) is 9.59 Å². The number of hydrogen-bond donors (Lipinski definition) is 1. The molecule has 1 aromatic carbocycles. The van der Waals surface area contributed by atoms with E-state index < -0.39 is 0 Å². The highest BCUT2D eigenvalue weighted by Crippen LogP contribution is 2.12. The minimum absolute atomic E-state index is 0.0522. The fraction of sp³-hybridized carbons (Fsp3) is 0.250. The van der Waals surface area contributed by atoms with Crippen LogP contribution in [-0.2, 0) is 9.59 Å². The van der Waals surface area contributed by atoms with Gasteiger partial charge < -0.3 is 10.2 Å². The molecule has 1 aliphatic heterocycles. The van der Waals surface area contributed by atoms with Crippen LogP contribution in [0.15, 0.2) is 48.7 Å². The van der Waals surface area contributed by atoms with Crippen molar-refractivity contribution in [1.82, 2.24) is 9.88 Å². The summed E-state index contributed by atoms with van der Waals surface area (Å²) in [6.45, 7) is 0.754. The first-order valence-corrected chi connectivity index (χ1v) is 8.31. The first kappa shape index (κ1) is 16.7. The number of piperidine rings is 1. The molecule has 0 bridgehead atoms. The molecule has 1 aromatic heterocycles. The second kappa shape index (κ2) is 8.11. The van der Waals surface area contributed by atoms with Gasteiger partial charge in [0.05, 0.1) is 6.54 Å². The maximum Gasteiger partial charge on any atom is 0.243 e. The number of hydrogen-bond acceptors (Lipinski definition) is 3. The zero-order chi connectivity index (χ0) is 17.5. The molecule has 0 unspecified atom stereocenters. The lowest BCUT2D eigenvalue weighted by Crippen LogP contribution is -2.40. The van der Waals surface area contributed by atoms with Gasteiger partial charge in [0.15, 0.2) is 0 Å². The van der Waals surface area contributed by atoms with Crippen LogP contribution >= 0.6 is 0 Å². The van der Waals surface area contributed by atoms with E-state index in [0.717, 1.165) is 18.4 Å². The summed E-state index contributed by atoms with van der Waals surface area (Å²) in [6, 6.07) is 12.9. The van der Waals surface area contributed by atoms with E-state index >= 15 is 0 Å². The predicted molar refractivity (Wildman–Crippen MR) is 95.7 cm³/mol. The Balaban J connectivity index is 1.62. The third-order valence-corrected chi connectivity index (χ3v) is 3.90. The minimum atomic E-state index is -0.190. The monoisotopic (exact) mass is 333 g/mol. The zero-order valence-electron chi connectivity index (χ0n) is 13.9. The van der Waals surface area contributed by atoms with E-state index in [1.165, 1.54) is 0 Å². The number of benzene rings is 1. The molecular formula is C20H19N3O2. The Labute approximate surface area is 147 Å². The summed E-state index contributed by atoms with van der Waals surface area (Å²) in [6.07, 6.45) is 4.10. The van der Waals surface area contributed by atoms with Crippen LogP contribution in [0.1, 0.15) is 30.5 Å². The number of likely N-dealkylation sites (tertiary alicyclic amines) is 1. The van der Waals surface area contributed by atoms with Crippen LogP contribution in [0.5, 0.6) is 0 Å². The number of carbonyl (C=O) groups excluding carboxylic acids is 2. The predicted octanol–water partition coefficient (Wildman–Crippen LogP) is 2.43. The maximum absolute atomic E-state index is 12.2. The maximum atomic E-state index is 12.2. The Morgan fingerprint density at radius 3 is 2.88 bits per heavy atom. The third kappa shape index (κ3) is 4.92. The van der Waals surface area contributed by atoms with E-state index in [4.69, 9.17) is 0 Å². The second-order valence-corrected chi connectivity index (χ2v) is 5.87. The molecule has 2 amide bonds. The molecule has 2 aromatic rings. The molecule has 126 valence electrons. The molecule has 2 heterocycles. The number of anilines is 1. The quantitative estimate of drug-likeness (QED) is 0.878. The Hall–Kier alpha value is -3.13. The normalized spacial score (nSPS) is 13.8. The number of pyridine rings is 1. The second-order valence-electron chi connectivity index (χ2n) is 5.87.